The van der Waals surface area contributed by atoms with Gasteiger partial charge in [-0.15, -0.1) is 0 Å². The molecule has 1 aromatic carbocycles. The molecule has 0 saturated carbocycles. The van der Waals surface area contributed by atoms with Gasteiger partial charge in [0.25, 0.3) is 0 Å². The number of fused-ring (bicyclic) bond motifs is 1. The smallest absolute Gasteiger partial charge is 0.335 e. The minimum atomic E-state index is -0.917. The number of aromatic carboxylic acids is 1. The van der Waals surface area contributed by atoms with Gasteiger partial charge in [0.05, 0.1) is 22.9 Å². The Morgan fingerprint density at radius 3 is 3.16 bits per heavy atom. The molecule has 0 bridgehead atoms. The second-order valence-corrected chi connectivity index (χ2v) is 4.96. The van der Waals surface area contributed by atoms with Crippen molar-refractivity contribution in [3.05, 3.63) is 30.1 Å². The van der Waals surface area contributed by atoms with Crippen LogP contribution in [0.3, 0.4) is 0 Å². The van der Waals surface area contributed by atoms with Crippen LogP contribution in [0.15, 0.2) is 24.5 Å². The minimum absolute atomic E-state index is 0.280. The summed E-state index contributed by atoms with van der Waals surface area (Å²) in [7, 11) is 0. The zero-order chi connectivity index (χ0) is 13.2. The topological polar surface area (TPSA) is 64.3 Å². The van der Waals surface area contributed by atoms with E-state index in [9.17, 15) is 4.79 Å². The van der Waals surface area contributed by atoms with E-state index in [1.807, 2.05) is 6.07 Å². The highest BCUT2D eigenvalue weighted by Gasteiger charge is 2.16. The monoisotopic (exact) mass is 260 g/mol. The molecular formula is C14H16N2O3. The van der Waals surface area contributed by atoms with Gasteiger partial charge in [-0.2, -0.15) is 0 Å². The molecule has 0 aliphatic carbocycles. The van der Waals surface area contributed by atoms with Crippen LogP contribution in [0.4, 0.5) is 0 Å². The van der Waals surface area contributed by atoms with Gasteiger partial charge in [0.15, 0.2) is 0 Å². The van der Waals surface area contributed by atoms with E-state index in [0.717, 1.165) is 43.6 Å². The number of hydrogen-bond donors (Lipinski definition) is 1. The zero-order valence-corrected chi connectivity index (χ0v) is 10.6. The normalized spacial score (nSPS) is 19.1. The Balaban J connectivity index is 1.78. The van der Waals surface area contributed by atoms with Crippen molar-refractivity contribution < 1.29 is 14.6 Å². The number of imidazole rings is 1. The van der Waals surface area contributed by atoms with E-state index in [4.69, 9.17) is 9.84 Å². The fourth-order valence-corrected chi connectivity index (χ4v) is 2.51. The third-order valence-corrected chi connectivity index (χ3v) is 3.67. The second kappa shape index (κ2) is 5.01. The standard InChI is InChI=1S/C14H16N2O3/c17-14(18)11-1-2-13-12(7-11)15-9-16(13)5-3-10-4-6-19-8-10/h1-2,7,9-10H,3-6,8H2,(H,17,18). The fraction of sp³-hybridized carbons (Fsp3) is 0.429. The lowest BCUT2D eigenvalue weighted by molar-refractivity contribution is 0.0697. The highest BCUT2D eigenvalue weighted by molar-refractivity contribution is 5.92. The number of carboxylic acid groups (broad SMARTS) is 1. The lowest BCUT2D eigenvalue weighted by Crippen LogP contribution is -2.05. The molecular weight excluding hydrogens is 244 g/mol. The van der Waals surface area contributed by atoms with Crippen molar-refractivity contribution >= 4 is 17.0 Å². The number of hydrogen-bond acceptors (Lipinski definition) is 3. The summed E-state index contributed by atoms with van der Waals surface area (Å²) in [6.07, 6.45) is 3.99. The molecule has 1 saturated heterocycles. The molecule has 5 nitrogen and oxygen atoms in total. The summed E-state index contributed by atoms with van der Waals surface area (Å²) >= 11 is 0. The third kappa shape index (κ3) is 2.46. The Bertz CT molecular complexity index is 600. The van der Waals surface area contributed by atoms with Gasteiger partial charge in [-0.1, -0.05) is 0 Å². The summed E-state index contributed by atoms with van der Waals surface area (Å²) in [6.45, 7) is 2.63. The third-order valence-electron chi connectivity index (χ3n) is 3.67. The molecule has 1 unspecified atom stereocenters. The molecule has 1 atom stereocenters. The number of rotatable bonds is 4. The number of aryl methyl sites for hydroxylation is 1. The van der Waals surface area contributed by atoms with Gasteiger partial charge in [0.2, 0.25) is 0 Å². The summed E-state index contributed by atoms with van der Waals surface area (Å²) in [6, 6.07) is 5.07. The molecule has 100 valence electrons. The van der Waals surface area contributed by atoms with Gasteiger partial charge < -0.3 is 14.4 Å². The molecule has 1 aromatic heterocycles. The lowest BCUT2D eigenvalue weighted by Gasteiger charge is -2.08. The van der Waals surface area contributed by atoms with E-state index >= 15 is 0 Å². The molecule has 1 fully saturated rings. The van der Waals surface area contributed by atoms with E-state index in [-0.39, 0.29) is 5.56 Å². The van der Waals surface area contributed by atoms with Crippen molar-refractivity contribution in [3.63, 3.8) is 0 Å². The molecule has 5 heteroatoms. The molecule has 19 heavy (non-hydrogen) atoms. The predicted octanol–water partition coefficient (Wildman–Crippen LogP) is 2.16. The van der Waals surface area contributed by atoms with Crippen LogP contribution >= 0.6 is 0 Å². The quantitative estimate of drug-likeness (QED) is 0.915. The number of carboxylic acids is 1. The lowest BCUT2D eigenvalue weighted by atomic mass is 10.1. The van der Waals surface area contributed by atoms with Crippen LogP contribution in [0, 0.1) is 5.92 Å². The first kappa shape index (κ1) is 12.2. The SMILES string of the molecule is O=C(O)c1ccc2c(c1)ncn2CCC1CCOC1. The van der Waals surface area contributed by atoms with Gasteiger partial charge in [0, 0.05) is 19.8 Å². The minimum Gasteiger partial charge on any atom is -0.478 e. The highest BCUT2D eigenvalue weighted by atomic mass is 16.5. The first-order valence-electron chi connectivity index (χ1n) is 6.50. The van der Waals surface area contributed by atoms with Crippen molar-refractivity contribution in [1.82, 2.24) is 9.55 Å². The van der Waals surface area contributed by atoms with Crippen LogP contribution in [-0.2, 0) is 11.3 Å². The van der Waals surface area contributed by atoms with Crippen LogP contribution in [0.2, 0.25) is 0 Å². The van der Waals surface area contributed by atoms with Gasteiger partial charge in [-0.25, -0.2) is 9.78 Å². The van der Waals surface area contributed by atoms with Crippen molar-refractivity contribution in [1.29, 1.82) is 0 Å². The van der Waals surface area contributed by atoms with E-state index < -0.39 is 5.97 Å². The zero-order valence-electron chi connectivity index (χ0n) is 10.6. The van der Waals surface area contributed by atoms with E-state index in [0.29, 0.717) is 5.92 Å². The highest BCUT2D eigenvalue weighted by Crippen LogP contribution is 2.20. The molecule has 0 amide bonds. The van der Waals surface area contributed by atoms with Gasteiger partial charge in [0.1, 0.15) is 0 Å². The van der Waals surface area contributed by atoms with Crippen molar-refractivity contribution in [3.8, 4) is 0 Å². The molecule has 3 rings (SSSR count). The Hall–Kier alpha value is -1.88. The fourth-order valence-electron chi connectivity index (χ4n) is 2.51. The second-order valence-electron chi connectivity index (χ2n) is 4.96. The average molecular weight is 260 g/mol. The van der Waals surface area contributed by atoms with Gasteiger partial charge in [-0.05, 0) is 37.0 Å². The summed E-state index contributed by atoms with van der Waals surface area (Å²) < 4.78 is 7.45. The maximum Gasteiger partial charge on any atom is 0.335 e. The number of aromatic nitrogens is 2. The van der Waals surface area contributed by atoms with Crippen LogP contribution < -0.4 is 0 Å². The van der Waals surface area contributed by atoms with Crippen LogP contribution in [-0.4, -0.2) is 33.8 Å². The molecule has 1 aliphatic rings. The van der Waals surface area contributed by atoms with Crippen molar-refractivity contribution in [2.24, 2.45) is 5.92 Å². The first-order chi connectivity index (χ1) is 9.24. The Morgan fingerprint density at radius 2 is 2.42 bits per heavy atom. The summed E-state index contributed by atoms with van der Waals surface area (Å²) in [5, 5.41) is 8.95. The van der Waals surface area contributed by atoms with Crippen LogP contribution in [0.5, 0.6) is 0 Å². The Labute approximate surface area is 110 Å². The molecule has 1 N–H and O–H groups in total. The predicted molar refractivity (Wildman–Crippen MR) is 70.2 cm³/mol. The largest absolute Gasteiger partial charge is 0.478 e. The summed E-state index contributed by atoms with van der Waals surface area (Å²) in [4.78, 5) is 15.2. The van der Waals surface area contributed by atoms with Crippen LogP contribution in [0.25, 0.3) is 11.0 Å². The Kier molecular flexibility index (Phi) is 3.21. The first-order valence-corrected chi connectivity index (χ1v) is 6.50. The van der Waals surface area contributed by atoms with Crippen molar-refractivity contribution in [2.45, 2.75) is 19.4 Å². The van der Waals surface area contributed by atoms with Gasteiger partial charge in [-0.3, -0.25) is 0 Å². The maximum atomic E-state index is 10.9. The molecule has 2 heterocycles. The maximum absolute atomic E-state index is 10.9. The number of nitrogens with zero attached hydrogens (tertiary/aromatic N) is 2. The molecule has 2 aromatic rings. The Morgan fingerprint density at radius 1 is 1.53 bits per heavy atom. The van der Waals surface area contributed by atoms with Crippen molar-refractivity contribution in [2.75, 3.05) is 13.2 Å². The molecule has 0 radical (unpaired) electrons. The van der Waals surface area contributed by atoms with Crippen LogP contribution in [0.1, 0.15) is 23.2 Å². The number of carbonyl (C=O) groups is 1. The van der Waals surface area contributed by atoms with E-state index in [2.05, 4.69) is 9.55 Å². The average Bonchev–Trinajstić information content (AvgIpc) is 3.05. The van der Waals surface area contributed by atoms with E-state index in [1.165, 1.54) is 0 Å². The molecule has 0 spiro atoms. The number of benzene rings is 1. The number of ether oxygens (including phenoxy) is 1. The molecule has 1 aliphatic heterocycles. The van der Waals surface area contributed by atoms with E-state index in [1.54, 1.807) is 18.5 Å². The summed E-state index contributed by atoms with van der Waals surface area (Å²) in [5.74, 6) is -0.282. The van der Waals surface area contributed by atoms with Gasteiger partial charge >= 0.3 is 5.97 Å². The summed E-state index contributed by atoms with van der Waals surface area (Å²) in [5.41, 5.74) is 2.01.